The van der Waals surface area contributed by atoms with Gasteiger partial charge in [-0.15, -0.1) is 0 Å². The van der Waals surface area contributed by atoms with Gasteiger partial charge < -0.3 is 4.74 Å². The molecule has 0 radical (unpaired) electrons. The van der Waals surface area contributed by atoms with Crippen LogP contribution in [0.25, 0.3) is 0 Å². The second kappa shape index (κ2) is 6.21. The van der Waals surface area contributed by atoms with Crippen LogP contribution >= 0.6 is 0 Å². The summed E-state index contributed by atoms with van der Waals surface area (Å²) in [7, 11) is 0. The maximum Gasteiger partial charge on any atom is 0.312 e. The first-order valence-electron chi connectivity index (χ1n) is 6.49. The van der Waals surface area contributed by atoms with Crippen molar-refractivity contribution >= 4 is 5.97 Å². The van der Waals surface area contributed by atoms with E-state index in [2.05, 4.69) is 0 Å². The summed E-state index contributed by atoms with van der Waals surface area (Å²) in [5.41, 5.74) is -1.31. The number of esters is 1. The number of carbonyl (C=O) groups is 1. The van der Waals surface area contributed by atoms with Crippen molar-refractivity contribution in [3.8, 4) is 0 Å². The maximum absolute atomic E-state index is 14.7. The average Bonchev–Trinajstić information content (AvgIpc) is 2.27. The zero-order valence-corrected chi connectivity index (χ0v) is 10.4. The molecule has 0 aliphatic heterocycles. The van der Waals surface area contributed by atoms with Crippen LogP contribution in [0.4, 0.5) is 4.39 Å². The average molecular weight is 230 g/mol. The Balaban J connectivity index is 2.65. The smallest absolute Gasteiger partial charge is 0.312 e. The molecule has 1 rings (SSSR count). The Labute approximate surface area is 97.6 Å². The van der Waals surface area contributed by atoms with Gasteiger partial charge in [0, 0.05) is 0 Å². The van der Waals surface area contributed by atoms with E-state index >= 15 is 0 Å². The van der Waals surface area contributed by atoms with E-state index in [1.165, 1.54) is 0 Å². The molecule has 0 saturated heterocycles. The van der Waals surface area contributed by atoms with E-state index < -0.39 is 11.6 Å². The zero-order valence-electron chi connectivity index (χ0n) is 10.4. The molecule has 1 fully saturated rings. The number of rotatable bonds is 5. The van der Waals surface area contributed by atoms with Gasteiger partial charge >= 0.3 is 5.97 Å². The first kappa shape index (κ1) is 13.5. The van der Waals surface area contributed by atoms with Crippen LogP contribution in [-0.4, -0.2) is 18.2 Å². The maximum atomic E-state index is 14.7. The Morgan fingerprint density at radius 1 is 1.44 bits per heavy atom. The third-order valence-electron chi connectivity index (χ3n) is 3.48. The molecule has 0 bridgehead atoms. The van der Waals surface area contributed by atoms with Crippen LogP contribution in [0.1, 0.15) is 58.8 Å². The molecule has 0 heterocycles. The Kier molecular flexibility index (Phi) is 5.23. The highest BCUT2D eigenvalue weighted by Gasteiger charge is 2.45. The molecule has 2 atom stereocenters. The van der Waals surface area contributed by atoms with Crippen LogP contribution in [0.5, 0.6) is 0 Å². The Hall–Kier alpha value is -0.600. The molecule has 0 N–H and O–H groups in total. The molecule has 0 aromatic carbocycles. The minimum Gasteiger partial charge on any atom is -0.466 e. The number of unbranched alkanes of at least 4 members (excludes halogenated alkanes) is 1. The lowest BCUT2D eigenvalue weighted by Crippen LogP contribution is -2.42. The topological polar surface area (TPSA) is 26.3 Å². The predicted octanol–water partition coefficient (Wildman–Crippen LogP) is 3.64. The molecule has 16 heavy (non-hydrogen) atoms. The van der Waals surface area contributed by atoms with E-state index in [9.17, 15) is 9.18 Å². The van der Waals surface area contributed by atoms with Gasteiger partial charge in [-0.1, -0.05) is 32.6 Å². The number of ether oxygens (including phenoxy) is 1. The minimum absolute atomic E-state index is 0.333. The third-order valence-corrected chi connectivity index (χ3v) is 3.48. The van der Waals surface area contributed by atoms with Gasteiger partial charge in [-0.3, -0.25) is 4.79 Å². The van der Waals surface area contributed by atoms with E-state index in [1.54, 1.807) is 6.92 Å². The largest absolute Gasteiger partial charge is 0.466 e. The van der Waals surface area contributed by atoms with Crippen LogP contribution in [0.2, 0.25) is 0 Å². The molecular formula is C13H23FO2. The molecule has 1 aliphatic carbocycles. The van der Waals surface area contributed by atoms with Crippen molar-refractivity contribution in [2.75, 3.05) is 6.61 Å². The quantitative estimate of drug-likeness (QED) is 0.674. The van der Waals surface area contributed by atoms with E-state index in [4.69, 9.17) is 4.74 Å². The SMILES string of the molecule is CCCC[C@@]1(F)CCCC[C@@H]1C(=O)OCC. The third kappa shape index (κ3) is 3.19. The fraction of sp³-hybridized carbons (Fsp3) is 0.923. The standard InChI is InChI=1S/C13H23FO2/c1-3-5-9-13(14)10-7-6-8-11(13)12(15)16-4-2/h11H,3-10H2,1-2H3/t11-,13-/m1/s1. The molecule has 2 nitrogen and oxygen atoms in total. The van der Waals surface area contributed by atoms with Gasteiger partial charge in [0.25, 0.3) is 0 Å². The lowest BCUT2D eigenvalue weighted by Gasteiger charge is -2.36. The van der Waals surface area contributed by atoms with Gasteiger partial charge in [-0.05, 0) is 26.2 Å². The summed E-state index contributed by atoms with van der Waals surface area (Å²) in [6.07, 6.45) is 5.35. The van der Waals surface area contributed by atoms with Crippen molar-refractivity contribution in [2.45, 2.75) is 64.5 Å². The molecule has 1 aliphatic rings. The first-order chi connectivity index (χ1) is 7.64. The summed E-state index contributed by atoms with van der Waals surface area (Å²) in [5, 5.41) is 0. The lowest BCUT2D eigenvalue weighted by atomic mass is 9.74. The lowest BCUT2D eigenvalue weighted by molar-refractivity contribution is -0.156. The Bertz CT molecular complexity index is 230. The summed E-state index contributed by atoms with van der Waals surface area (Å²) in [6.45, 7) is 4.16. The van der Waals surface area contributed by atoms with Crippen molar-refractivity contribution in [1.82, 2.24) is 0 Å². The highest BCUT2D eigenvalue weighted by Crippen LogP contribution is 2.41. The van der Waals surface area contributed by atoms with Gasteiger partial charge in [0.1, 0.15) is 5.67 Å². The van der Waals surface area contributed by atoms with Crippen molar-refractivity contribution in [3.05, 3.63) is 0 Å². The zero-order chi connectivity index (χ0) is 12.0. The van der Waals surface area contributed by atoms with Crippen molar-refractivity contribution in [2.24, 2.45) is 5.92 Å². The second-order valence-electron chi connectivity index (χ2n) is 4.69. The van der Waals surface area contributed by atoms with E-state index in [-0.39, 0.29) is 5.97 Å². The van der Waals surface area contributed by atoms with Crippen LogP contribution in [0.3, 0.4) is 0 Å². The summed E-state index contributed by atoms with van der Waals surface area (Å²) in [6, 6.07) is 0. The van der Waals surface area contributed by atoms with Crippen molar-refractivity contribution < 1.29 is 13.9 Å². The minimum atomic E-state index is -1.31. The molecule has 1 saturated carbocycles. The normalized spacial score (nSPS) is 30.1. The number of hydrogen-bond donors (Lipinski definition) is 0. The van der Waals surface area contributed by atoms with E-state index in [0.29, 0.717) is 25.9 Å². The van der Waals surface area contributed by atoms with Gasteiger partial charge in [0.2, 0.25) is 0 Å². The molecule has 3 heteroatoms. The molecule has 0 amide bonds. The fourth-order valence-electron chi connectivity index (χ4n) is 2.54. The van der Waals surface area contributed by atoms with Crippen LogP contribution in [0, 0.1) is 5.92 Å². The van der Waals surface area contributed by atoms with Gasteiger partial charge in [0.05, 0.1) is 12.5 Å². The molecule has 0 unspecified atom stereocenters. The Morgan fingerprint density at radius 3 is 2.81 bits per heavy atom. The van der Waals surface area contributed by atoms with E-state index in [1.807, 2.05) is 6.92 Å². The summed E-state index contributed by atoms with van der Waals surface area (Å²) < 4.78 is 19.7. The van der Waals surface area contributed by atoms with Gasteiger partial charge in [-0.25, -0.2) is 4.39 Å². The number of hydrogen-bond acceptors (Lipinski definition) is 2. The summed E-state index contributed by atoms with van der Waals surface area (Å²) in [5.74, 6) is -0.853. The van der Waals surface area contributed by atoms with Crippen LogP contribution < -0.4 is 0 Å². The first-order valence-corrected chi connectivity index (χ1v) is 6.49. The molecule has 94 valence electrons. The highest BCUT2D eigenvalue weighted by molar-refractivity contribution is 5.74. The number of alkyl halides is 1. The Morgan fingerprint density at radius 2 is 2.19 bits per heavy atom. The van der Waals surface area contributed by atoms with Crippen LogP contribution in [0.15, 0.2) is 0 Å². The van der Waals surface area contributed by atoms with Gasteiger partial charge in [-0.2, -0.15) is 0 Å². The monoisotopic (exact) mass is 230 g/mol. The van der Waals surface area contributed by atoms with Crippen LogP contribution in [-0.2, 0) is 9.53 Å². The summed E-state index contributed by atoms with van der Waals surface area (Å²) in [4.78, 5) is 11.7. The number of halogens is 1. The molecule has 0 aromatic heterocycles. The number of carbonyl (C=O) groups excluding carboxylic acids is 1. The van der Waals surface area contributed by atoms with Crippen molar-refractivity contribution in [3.63, 3.8) is 0 Å². The van der Waals surface area contributed by atoms with E-state index in [0.717, 1.165) is 25.7 Å². The summed E-state index contributed by atoms with van der Waals surface area (Å²) >= 11 is 0. The van der Waals surface area contributed by atoms with Gasteiger partial charge in [0.15, 0.2) is 0 Å². The highest BCUT2D eigenvalue weighted by atomic mass is 19.1. The predicted molar refractivity (Wildman–Crippen MR) is 62.0 cm³/mol. The second-order valence-corrected chi connectivity index (χ2v) is 4.69. The van der Waals surface area contributed by atoms with Crippen molar-refractivity contribution in [1.29, 1.82) is 0 Å². The molecular weight excluding hydrogens is 207 g/mol. The fourth-order valence-corrected chi connectivity index (χ4v) is 2.54. The molecule has 0 spiro atoms. The molecule has 0 aromatic rings.